The summed E-state index contributed by atoms with van der Waals surface area (Å²) in [7, 11) is 0. The van der Waals surface area contributed by atoms with E-state index in [4.69, 9.17) is 10.7 Å². The Morgan fingerprint density at radius 1 is 1.07 bits per heavy atom. The molecule has 0 atom stereocenters. The fourth-order valence-electron chi connectivity index (χ4n) is 4.61. The van der Waals surface area contributed by atoms with Crippen molar-refractivity contribution in [3.05, 3.63) is 121 Å². The van der Waals surface area contributed by atoms with Crippen LogP contribution in [0, 0.1) is 25.6 Å². The summed E-state index contributed by atoms with van der Waals surface area (Å²) in [5, 5.41) is 3.26. The normalized spacial score (nSPS) is 10.7. The number of imidazole rings is 2. The number of hydrogen-bond acceptors (Lipinski definition) is 7. The molecule has 1 aromatic carbocycles. The quantitative estimate of drug-likeness (QED) is 0.207. The third kappa shape index (κ3) is 5.85. The van der Waals surface area contributed by atoms with E-state index >= 15 is 4.39 Å². The minimum absolute atomic E-state index is 0.142. The standard InChI is InChI=1S/C30H26FN9.C2H2/c1-18(8-20-6-4-3-5-7-20)37-22-9-21(11-33-12-22)29-28(31)23(24(32)13-35-29)10-27-38-25-14-34-15-26(30(25)39-27)40-16-19(2)36-17-40;1-2/h3-7,9,11-17,37H,1,8,10,32H2,2H3,(H,38,39);1-2H. The first-order chi connectivity index (χ1) is 20.4. The van der Waals surface area contributed by atoms with Crippen molar-refractivity contribution < 1.29 is 4.39 Å². The number of terminal acetylenes is 1. The van der Waals surface area contributed by atoms with Crippen LogP contribution in [0.3, 0.4) is 0 Å². The van der Waals surface area contributed by atoms with Crippen molar-refractivity contribution >= 4 is 22.4 Å². The molecule has 0 aliphatic heterocycles. The molecule has 4 N–H and O–H groups in total. The molecule has 0 unspecified atom stereocenters. The smallest absolute Gasteiger partial charge is 0.155 e. The predicted molar refractivity (Wildman–Crippen MR) is 163 cm³/mol. The summed E-state index contributed by atoms with van der Waals surface area (Å²) < 4.78 is 17.8. The van der Waals surface area contributed by atoms with Gasteiger partial charge in [0, 0.05) is 42.1 Å². The molecule has 9 nitrogen and oxygen atoms in total. The molecule has 0 radical (unpaired) electrons. The number of benzene rings is 1. The van der Waals surface area contributed by atoms with E-state index in [9.17, 15) is 0 Å². The number of anilines is 2. The molecule has 208 valence electrons. The Hall–Kier alpha value is -5.82. The van der Waals surface area contributed by atoms with E-state index in [0.29, 0.717) is 34.6 Å². The maximum atomic E-state index is 15.9. The highest BCUT2D eigenvalue weighted by Gasteiger charge is 2.19. The summed E-state index contributed by atoms with van der Waals surface area (Å²) in [6, 6.07) is 11.8. The third-order valence-electron chi connectivity index (χ3n) is 6.51. The van der Waals surface area contributed by atoms with E-state index in [1.807, 2.05) is 48.0 Å². The number of aromatic nitrogens is 7. The number of rotatable bonds is 8. The Labute approximate surface area is 242 Å². The van der Waals surface area contributed by atoms with Crippen LogP contribution in [0.2, 0.25) is 0 Å². The number of aromatic amines is 1. The van der Waals surface area contributed by atoms with Crippen molar-refractivity contribution in [1.82, 2.24) is 34.5 Å². The van der Waals surface area contributed by atoms with Crippen molar-refractivity contribution in [2.75, 3.05) is 11.1 Å². The lowest BCUT2D eigenvalue weighted by atomic mass is 10.1. The topological polar surface area (TPSA) is 123 Å². The van der Waals surface area contributed by atoms with Crippen molar-refractivity contribution in [2.24, 2.45) is 0 Å². The number of nitrogens with two attached hydrogens (primary N) is 1. The van der Waals surface area contributed by atoms with Crippen molar-refractivity contribution in [2.45, 2.75) is 19.8 Å². The Kier molecular flexibility index (Phi) is 8.02. The first-order valence-electron chi connectivity index (χ1n) is 13.0. The number of nitrogens with one attached hydrogen (secondary N) is 2. The molecule has 0 aliphatic rings. The number of allylic oxidation sites excluding steroid dienone is 1. The molecule has 0 amide bonds. The summed E-state index contributed by atoms with van der Waals surface area (Å²) >= 11 is 0. The Morgan fingerprint density at radius 3 is 2.62 bits per heavy atom. The van der Waals surface area contributed by atoms with E-state index in [1.165, 1.54) is 6.20 Å². The lowest BCUT2D eigenvalue weighted by Crippen LogP contribution is -2.05. The highest BCUT2D eigenvalue weighted by molar-refractivity contribution is 5.83. The van der Waals surface area contributed by atoms with Gasteiger partial charge in [0.2, 0.25) is 0 Å². The number of fused-ring (bicyclic) bond motifs is 1. The summed E-state index contributed by atoms with van der Waals surface area (Å²) in [5.41, 5.74) is 13.1. The van der Waals surface area contributed by atoms with E-state index in [2.05, 4.69) is 49.7 Å². The van der Waals surface area contributed by atoms with Gasteiger partial charge in [-0.1, -0.05) is 36.9 Å². The molecular weight excluding hydrogens is 529 g/mol. The largest absolute Gasteiger partial charge is 0.397 e. The lowest BCUT2D eigenvalue weighted by molar-refractivity contribution is 0.611. The van der Waals surface area contributed by atoms with Crippen LogP contribution < -0.4 is 11.1 Å². The summed E-state index contributed by atoms with van der Waals surface area (Å²) in [6.45, 7) is 6.03. The van der Waals surface area contributed by atoms with Crippen LogP contribution in [0.4, 0.5) is 15.8 Å². The number of halogens is 1. The molecule has 6 rings (SSSR count). The summed E-state index contributed by atoms with van der Waals surface area (Å²) in [4.78, 5) is 25.2. The van der Waals surface area contributed by atoms with Gasteiger partial charge < -0.3 is 20.6 Å². The highest BCUT2D eigenvalue weighted by Crippen LogP contribution is 2.29. The second-order valence-corrected chi connectivity index (χ2v) is 9.55. The van der Waals surface area contributed by atoms with Gasteiger partial charge in [0.05, 0.1) is 59.4 Å². The Morgan fingerprint density at radius 2 is 1.86 bits per heavy atom. The first-order valence-corrected chi connectivity index (χ1v) is 13.0. The zero-order chi connectivity index (χ0) is 29.6. The second-order valence-electron chi connectivity index (χ2n) is 9.55. The predicted octanol–water partition coefficient (Wildman–Crippen LogP) is 5.64. The number of nitrogen functional groups attached to an aromatic ring is 1. The minimum atomic E-state index is -0.522. The van der Waals surface area contributed by atoms with Crippen LogP contribution in [0.1, 0.15) is 22.6 Å². The molecule has 0 saturated heterocycles. The SMILES string of the molecule is C#C.C=C(Cc1ccccc1)Nc1cncc(-c2ncc(N)c(Cc3nc4c(-n5cnc(C)c5)cncc4[nH]3)c2F)c1. The van der Waals surface area contributed by atoms with Crippen molar-refractivity contribution in [3.63, 3.8) is 0 Å². The molecule has 0 bridgehead atoms. The van der Waals surface area contributed by atoms with Gasteiger partial charge in [-0.3, -0.25) is 15.0 Å². The Balaban J connectivity index is 0.00000173. The molecular formula is C32H28FN9. The lowest BCUT2D eigenvalue weighted by Gasteiger charge is -2.12. The van der Waals surface area contributed by atoms with Gasteiger partial charge in [0.15, 0.2) is 5.82 Å². The average molecular weight is 558 g/mol. The molecule has 0 spiro atoms. The van der Waals surface area contributed by atoms with Gasteiger partial charge in [0.1, 0.15) is 17.0 Å². The van der Waals surface area contributed by atoms with Crippen molar-refractivity contribution in [1.29, 1.82) is 0 Å². The second kappa shape index (κ2) is 12.1. The highest BCUT2D eigenvalue weighted by atomic mass is 19.1. The average Bonchev–Trinajstić information content (AvgIpc) is 3.62. The van der Waals surface area contributed by atoms with Crippen LogP contribution in [0.25, 0.3) is 28.0 Å². The van der Waals surface area contributed by atoms with E-state index in [-0.39, 0.29) is 17.8 Å². The van der Waals surface area contributed by atoms with Crippen LogP contribution in [0.5, 0.6) is 0 Å². The van der Waals surface area contributed by atoms with Crippen LogP contribution in [0.15, 0.2) is 92.2 Å². The van der Waals surface area contributed by atoms with Crippen LogP contribution >= 0.6 is 0 Å². The number of nitrogens with zero attached hydrogens (tertiary/aromatic N) is 6. The maximum absolute atomic E-state index is 15.9. The third-order valence-corrected chi connectivity index (χ3v) is 6.51. The number of H-pyrrole nitrogens is 1. The number of pyridine rings is 3. The van der Waals surface area contributed by atoms with E-state index in [1.54, 1.807) is 37.2 Å². The fraction of sp³-hybridized carbons (Fsp3) is 0.0938. The molecule has 0 fully saturated rings. The summed E-state index contributed by atoms with van der Waals surface area (Å²) in [5.74, 6) is 0.0284. The van der Waals surface area contributed by atoms with Gasteiger partial charge in [-0.15, -0.1) is 12.8 Å². The summed E-state index contributed by atoms with van der Waals surface area (Å²) in [6.07, 6.45) is 20.5. The van der Waals surface area contributed by atoms with Gasteiger partial charge in [-0.2, -0.15) is 0 Å². The number of hydrogen-bond donors (Lipinski definition) is 3. The molecule has 6 aromatic rings. The molecule has 5 heterocycles. The van der Waals surface area contributed by atoms with Crippen LogP contribution in [-0.4, -0.2) is 34.5 Å². The first kappa shape index (κ1) is 27.7. The molecule has 0 saturated carbocycles. The Bertz CT molecular complexity index is 1890. The zero-order valence-electron chi connectivity index (χ0n) is 22.9. The minimum Gasteiger partial charge on any atom is -0.397 e. The van der Waals surface area contributed by atoms with Gasteiger partial charge in [-0.25, -0.2) is 14.4 Å². The van der Waals surface area contributed by atoms with E-state index in [0.717, 1.165) is 28.2 Å². The van der Waals surface area contributed by atoms with E-state index < -0.39 is 5.82 Å². The van der Waals surface area contributed by atoms with Gasteiger partial charge >= 0.3 is 0 Å². The fourth-order valence-corrected chi connectivity index (χ4v) is 4.61. The maximum Gasteiger partial charge on any atom is 0.155 e. The molecule has 5 aromatic heterocycles. The number of aryl methyl sites for hydroxylation is 1. The molecule has 42 heavy (non-hydrogen) atoms. The molecule has 10 heteroatoms. The zero-order valence-corrected chi connectivity index (χ0v) is 22.9. The van der Waals surface area contributed by atoms with Gasteiger partial charge in [-0.05, 0) is 18.6 Å². The van der Waals surface area contributed by atoms with Gasteiger partial charge in [0.25, 0.3) is 0 Å². The van der Waals surface area contributed by atoms with Crippen LogP contribution in [-0.2, 0) is 12.8 Å². The van der Waals surface area contributed by atoms with Crippen molar-refractivity contribution in [3.8, 4) is 29.8 Å². The monoisotopic (exact) mass is 557 g/mol. The molecule has 0 aliphatic carbocycles.